The molecule has 0 radical (unpaired) electrons. The van der Waals surface area contributed by atoms with E-state index in [0.29, 0.717) is 26.6 Å². The van der Waals surface area contributed by atoms with Crippen LogP contribution in [0.5, 0.6) is 5.75 Å². The van der Waals surface area contributed by atoms with Gasteiger partial charge in [0, 0.05) is 5.92 Å². The highest BCUT2D eigenvalue weighted by Gasteiger charge is 2.23. The van der Waals surface area contributed by atoms with E-state index in [1.165, 1.54) is 25.3 Å². The molecule has 2 aromatic rings. The molecule has 1 saturated carbocycles. The molecule has 1 fully saturated rings. The van der Waals surface area contributed by atoms with E-state index >= 15 is 0 Å². The van der Waals surface area contributed by atoms with E-state index < -0.39 is 10.0 Å². The molecule has 0 heterocycles. The molecule has 0 aliphatic heterocycles. The molecule has 0 atom stereocenters. The summed E-state index contributed by atoms with van der Waals surface area (Å²) in [5.74, 6) is 0.412. The number of nitrogens with one attached hydrogen (secondary N) is 2. The number of carbonyl (C=O) groups is 1. The van der Waals surface area contributed by atoms with Crippen molar-refractivity contribution in [3.8, 4) is 5.75 Å². The van der Waals surface area contributed by atoms with Gasteiger partial charge >= 0.3 is 0 Å². The van der Waals surface area contributed by atoms with E-state index in [4.69, 9.17) is 16.3 Å². The van der Waals surface area contributed by atoms with Crippen molar-refractivity contribution >= 4 is 54.8 Å². The quantitative estimate of drug-likeness (QED) is 0.553. The Labute approximate surface area is 184 Å². The number of amides is 1. The first-order valence-electron chi connectivity index (χ1n) is 9.27. The highest BCUT2D eigenvalue weighted by Crippen LogP contribution is 2.31. The molecule has 2 N–H and O–H groups in total. The lowest BCUT2D eigenvalue weighted by Crippen LogP contribution is -2.25. The van der Waals surface area contributed by atoms with Crippen LogP contribution >= 0.6 is 27.5 Å². The Balaban J connectivity index is 1.80. The summed E-state index contributed by atoms with van der Waals surface area (Å²) in [7, 11) is -2.34. The first-order valence-corrected chi connectivity index (χ1v) is 11.9. The summed E-state index contributed by atoms with van der Waals surface area (Å²) in [4.78, 5) is 12.5. The molecule has 0 bridgehead atoms. The third kappa shape index (κ3) is 5.43. The molecule has 3 rings (SSSR count). The topological polar surface area (TPSA) is 84.5 Å². The maximum absolute atomic E-state index is 12.8. The average Bonchev–Trinajstić information content (AvgIpc) is 2.70. The lowest BCUT2D eigenvalue weighted by atomic mass is 9.88. The van der Waals surface area contributed by atoms with Crippen molar-refractivity contribution in [2.75, 3.05) is 17.1 Å². The molecule has 0 saturated heterocycles. The van der Waals surface area contributed by atoms with E-state index in [1.807, 2.05) is 0 Å². The van der Waals surface area contributed by atoms with Crippen molar-refractivity contribution < 1.29 is 17.9 Å². The van der Waals surface area contributed by atoms with E-state index in [9.17, 15) is 13.2 Å². The van der Waals surface area contributed by atoms with Gasteiger partial charge in [0.2, 0.25) is 5.91 Å². The fraction of sp³-hybridized carbons (Fsp3) is 0.350. The number of halogens is 2. The van der Waals surface area contributed by atoms with Gasteiger partial charge in [-0.3, -0.25) is 9.52 Å². The highest BCUT2D eigenvalue weighted by atomic mass is 79.9. The van der Waals surface area contributed by atoms with Crippen molar-refractivity contribution in [3.63, 3.8) is 0 Å². The second-order valence-electron chi connectivity index (χ2n) is 6.92. The fourth-order valence-corrected chi connectivity index (χ4v) is 5.09. The van der Waals surface area contributed by atoms with Crippen LogP contribution in [0.25, 0.3) is 0 Å². The number of sulfonamides is 1. The van der Waals surface area contributed by atoms with Crippen molar-refractivity contribution in [1.29, 1.82) is 0 Å². The molecule has 0 unspecified atom stereocenters. The van der Waals surface area contributed by atoms with Gasteiger partial charge in [-0.05, 0) is 65.2 Å². The Morgan fingerprint density at radius 2 is 1.86 bits per heavy atom. The monoisotopic (exact) mass is 500 g/mol. The molecule has 0 aromatic heterocycles. The van der Waals surface area contributed by atoms with Crippen LogP contribution in [-0.4, -0.2) is 21.4 Å². The van der Waals surface area contributed by atoms with Crippen LogP contribution in [0.3, 0.4) is 0 Å². The van der Waals surface area contributed by atoms with Crippen molar-refractivity contribution in [1.82, 2.24) is 0 Å². The second-order valence-corrected chi connectivity index (χ2v) is 9.86. The summed E-state index contributed by atoms with van der Waals surface area (Å²) in [6, 6.07) is 9.11. The fourth-order valence-electron chi connectivity index (χ4n) is 3.31. The molecule has 0 spiro atoms. The number of benzene rings is 2. The molecule has 156 valence electrons. The molecule has 2 aromatic carbocycles. The molecule has 29 heavy (non-hydrogen) atoms. The summed E-state index contributed by atoms with van der Waals surface area (Å²) < 4.78 is 33.9. The van der Waals surface area contributed by atoms with Crippen LogP contribution in [0.2, 0.25) is 5.02 Å². The maximum atomic E-state index is 12.8. The highest BCUT2D eigenvalue weighted by molar-refractivity contribution is 9.10. The molecular formula is C20H22BrClN2O4S. The second kappa shape index (κ2) is 9.36. The van der Waals surface area contributed by atoms with Gasteiger partial charge in [-0.2, -0.15) is 0 Å². The van der Waals surface area contributed by atoms with E-state index in [1.54, 1.807) is 18.2 Å². The van der Waals surface area contributed by atoms with Gasteiger partial charge in [0.1, 0.15) is 5.75 Å². The van der Waals surface area contributed by atoms with E-state index in [2.05, 4.69) is 26.0 Å². The molecule has 6 nitrogen and oxygen atoms in total. The van der Waals surface area contributed by atoms with Gasteiger partial charge in [0.15, 0.2) is 0 Å². The number of anilines is 2. The number of hydrogen-bond donors (Lipinski definition) is 2. The molecule has 1 amide bonds. The number of carbonyl (C=O) groups excluding carboxylic acids is 1. The van der Waals surface area contributed by atoms with Crippen LogP contribution in [0.15, 0.2) is 45.8 Å². The Hall–Kier alpha value is -1.77. The van der Waals surface area contributed by atoms with Gasteiger partial charge in [-0.25, -0.2) is 8.42 Å². The van der Waals surface area contributed by atoms with Gasteiger partial charge in [0.25, 0.3) is 10.0 Å². The molecule has 1 aliphatic rings. The van der Waals surface area contributed by atoms with Crippen LogP contribution < -0.4 is 14.8 Å². The summed E-state index contributed by atoms with van der Waals surface area (Å²) in [5.41, 5.74) is 0.668. The lowest BCUT2D eigenvalue weighted by Gasteiger charge is -2.21. The van der Waals surface area contributed by atoms with Gasteiger partial charge < -0.3 is 10.1 Å². The summed E-state index contributed by atoms with van der Waals surface area (Å²) in [6.45, 7) is 0. The number of ether oxygens (including phenoxy) is 1. The third-order valence-electron chi connectivity index (χ3n) is 4.89. The molecular weight excluding hydrogens is 480 g/mol. The molecule has 1 aliphatic carbocycles. The van der Waals surface area contributed by atoms with Crippen molar-refractivity contribution in [2.24, 2.45) is 5.92 Å². The normalized spacial score (nSPS) is 15.0. The minimum atomic E-state index is -3.87. The summed E-state index contributed by atoms with van der Waals surface area (Å²) >= 11 is 9.53. The summed E-state index contributed by atoms with van der Waals surface area (Å²) in [5, 5.41) is 3.09. The molecule has 9 heteroatoms. The SMILES string of the molecule is COc1ccc(NS(=O)(=O)c2ccc(Cl)c(NC(=O)C3CCCCC3)c2)cc1Br. The van der Waals surface area contributed by atoms with Crippen LogP contribution in [0.4, 0.5) is 11.4 Å². The smallest absolute Gasteiger partial charge is 0.261 e. The average molecular weight is 502 g/mol. The van der Waals surface area contributed by atoms with Crippen LogP contribution in [-0.2, 0) is 14.8 Å². The standard InChI is InChI=1S/C20H22BrClN2O4S/c1-28-19-10-7-14(11-16(19)21)24-29(26,27)15-8-9-17(22)18(12-15)23-20(25)13-5-3-2-4-6-13/h7-13,24H,2-6H2,1H3,(H,23,25). The van der Waals surface area contributed by atoms with E-state index in [-0.39, 0.29) is 16.7 Å². The first kappa shape index (κ1) is 21.9. The van der Waals surface area contributed by atoms with Gasteiger partial charge in [0.05, 0.1) is 32.9 Å². The van der Waals surface area contributed by atoms with E-state index in [0.717, 1.165) is 32.1 Å². The largest absolute Gasteiger partial charge is 0.496 e. The Bertz CT molecular complexity index is 1010. The Morgan fingerprint density at radius 1 is 1.14 bits per heavy atom. The zero-order chi connectivity index (χ0) is 21.0. The summed E-state index contributed by atoms with van der Waals surface area (Å²) in [6.07, 6.45) is 4.89. The number of methoxy groups -OCH3 is 1. The minimum Gasteiger partial charge on any atom is -0.496 e. The number of hydrogen-bond acceptors (Lipinski definition) is 4. The zero-order valence-electron chi connectivity index (χ0n) is 15.9. The van der Waals surface area contributed by atoms with Gasteiger partial charge in [-0.15, -0.1) is 0 Å². The Morgan fingerprint density at radius 3 is 2.52 bits per heavy atom. The van der Waals surface area contributed by atoms with Crippen LogP contribution in [0, 0.1) is 5.92 Å². The first-order chi connectivity index (χ1) is 13.8. The van der Waals surface area contributed by atoms with Crippen molar-refractivity contribution in [2.45, 2.75) is 37.0 Å². The maximum Gasteiger partial charge on any atom is 0.261 e. The predicted octanol–water partition coefficient (Wildman–Crippen LogP) is 5.43. The minimum absolute atomic E-state index is 0.00721. The Kier molecular flexibility index (Phi) is 7.08. The van der Waals surface area contributed by atoms with Gasteiger partial charge in [-0.1, -0.05) is 30.9 Å². The van der Waals surface area contributed by atoms with Crippen molar-refractivity contribution in [3.05, 3.63) is 45.9 Å². The zero-order valence-corrected chi connectivity index (χ0v) is 19.0. The number of rotatable bonds is 6. The lowest BCUT2D eigenvalue weighted by molar-refractivity contribution is -0.120. The van der Waals surface area contributed by atoms with Crippen LogP contribution in [0.1, 0.15) is 32.1 Å². The predicted molar refractivity (Wildman–Crippen MR) is 118 cm³/mol. The third-order valence-corrected chi connectivity index (χ3v) is 7.21.